The van der Waals surface area contributed by atoms with E-state index in [4.69, 9.17) is 16.9 Å². The van der Waals surface area contributed by atoms with Crippen LogP contribution in [0.15, 0.2) is 24.3 Å². The van der Waals surface area contributed by atoms with Crippen LogP contribution in [0.3, 0.4) is 0 Å². The van der Waals surface area contributed by atoms with E-state index in [2.05, 4.69) is 6.07 Å². The maximum absolute atomic E-state index is 12.2. The Morgan fingerprint density at radius 1 is 1.56 bits per heavy atom. The maximum Gasteiger partial charge on any atom is 0.243 e. The third kappa shape index (κ3) is 2.34. The van der Waals surface area contributed by atoms with Gasteiger partial charge in [0.25, 0.3) is 0 Å². The first-order chi connectivity index (χ1) is 8.57. The molecule has 0 aliphatic heterocycles. The van der Waals surface area contributed by atoms with Gasteiger partial charge < -0.3 is 4.90 Å². The molecular formula is C14H15ClN2O. The molecule has 1 aliphatic carbocycles. The number of carbonyl (C=O) groups is 1. The third-order valence-corrected chi connectivity index (χ3v) is 3.72. The van der Waals surface area contributed by atoms with Gasteiger partial charge in [-0.1, -0.05) is 23.7 Å². The van der Waals surface area contributed by atoms with Crippen LogP contribution in [0.5, 0.6) is 0 Å². The number of halogens is 1. The molecule has 3 nitrogen and oxygen atoms in total. The van der Waals surface area contributed by atoms with Gasteiger partial charge >= 0.3 is 0 Å². The van der Waals surface area contributed by atoms with Gasteiger partial charge in [0.2, 0.25) is 5.91 Å². The summed E-state index contributed by atoms with van der Waals surface area (Å²) >= 11 is 5.91. The summed E-state index contributed by atoms with van der Waals surface area (Å²) < 4.78 is 0. The minimum Gasteiger partial charge on any atom is -0.340 e. The van der Waals surface area contributed by atoms with Crippen molar-refractivity contribution in [2.24, 2.45) is 5.41 Å². The second kappa shape index (κ2) is 4.99. The van der Waals surface area contributed by atoms with Gasteiger partial charge in [-0.05, 0) is 37.0 Å². The van der Waals surface area contributed by atoms with Gasteiger partial charge in [-0.25, -0.2) is 0 Å². The lowest BCUT2D eigenvalue weighted by Crippen LogP contribution is -2.45. The van der Waals surface area contributed by atoms with Gasteiger partial charge in [0.05, 0.1) is 6.07 Å². The van der Waals surface area contributed by atoms with Crippen molar-refractivity contribution in [1.82, 2.24) is 4.90 Å². The molecule has 0 heterocycles. The molecule has 0 bridgehead atoms. The Bertz CT molecular complexity index is 503. The fraction of sp³-hybridized carbons (Fsp3) is 0.429. The van der Waals surface area contributed by atoms with Gasteiger partial charge in [-0.2, -0.15) is 5.26 Å². The second-order valence-corrected chi connectivity index (χ2v) is 5.28. The first kappa shape index (κ1) is 12.9. The lowest BCUT2D eigenvalue weighted by molar-refractivity contribution is -0.142. The van der Waals surface area contributed by atoms with Crippen LogP contribution in [0.2, 0.25) is 5.02 Å². The number of benzene rings is 1. The van der Waals surface area contributed by atoms with Crippen molar-refractivity contribution in [3.63, 3.8) is 0 Å². The first-order valence-electron chi connectivity index (χ1n) is 5.99. The molecule has 0 spiro atoms. The number of hydrogen-bond acceptors (Lipinski definition) is 2. The fourth-order valence-electron chi connectivity index (χ4n) is 2.25. The topological polar surface area (TPSA) is 44.1 Å². The van der Waals surface area contributed by atoms with Crippen LogP contribution in [-0.4, -0.2) is 17.9 Å². The largest absolute Gasteiger partial charge is 0.340 e. The highest BCUT2D eigenvalue weighted by atomic mass is 35.5. The van der Waals surface area contributed by atoms with E-state index in [0.29, 0.717) is 24.4 Å². The average molecular weight is 263 g/mol. The smallest absolute Gasteiger partial charge is 0.243 e. The Kier molecular flexibility index (Phi) is 3.58. The summed E-state index contributed by atoms with van der Waals surface area (Å²) in [7, 11) is 1.74. The molecule has 4 heteroatoms. The fourth-order valence-corrected chi connectivity index (χ4v) is 2.46. The summed E-state index contributed by atoms with van der Waals surface area (Å²) in [5.74, 6) is -0.0729. The summed E-state index contributed by atoms with van der Waals surface area (Å²) in [6.07, 6.45) is 2.33. The lowest BCUT2D eigenvalue weighted by atomic mass is 9.69. The summed E-state index contributed by atoms with van der Waals surface area (Å²) in [5.41, 5.74) is 0.207. The molecule has 0 N–H and O–H groups in total. The SMILES string of the molecule is CN(Cc1cccc(Cl)c1)C(=O)C1(C#N)CCC1. The molecule has 0 unspecified atom stereocenters. The van der Waals surface area contributed by atoms with Gasteiger partial charge in [-0.15, -0.1) is 0 Å². The standard InChI is InChI=1S/C14H15ClN2O/c1-17(9-11-4-2-5-12(15)8-11)13(18)14(10-16)6-3-7-14/h2,4-5,8H,3,6-7,9H2,1H3. The summed E-state index contributed by atoms with van der Waals surface area (Å²) in [5, 5.41) is 9.81. The highest BCUT2D eigenvalue weighted by Crippen LogP contribution is 2.41. The van der Waals surface area contributed by atoms with Crippen LogP contribution in [0.4, 0.5) is 0 Å². The molecule has 1 aliphatic rings. The number of nitriles is 1. The Morgan fingerprint density at radius 2 is 2.28 bits per heavy atom. The van der Waals surface area contributed by atoms with E-state index < -0.39 is 5.41 Å². The molecule has 1 aromatic rings. The Labute approximate surface area is 112 Å². The highest BCUT2D eigenvalue weighted by molar-refractivity contribution is 6.30. The predicted octanol–water partition coefficient (Wildman–Crippen LogP) is 2.99. The van der Waals surface area contributed by atoms with E-state index >= 15 is 0 Å². The van der Waals surface area contributed by atoms with Crippen molar-refractivity contribution in [3.8, 4) is 6.07 Å². The molecule has 0 radical (unpaired) electrons. The molecule has 0 saturated heterocycles. The van der Waals surface area contributed by atoms with Crippen molar-refractivity contribution in [2.75, 3.05) is 7.05 Å². The normalized spacial score (nSPS) is 16.5. The van der Waals surface area contributed by atoms with Gasteiger partial charge in [0.1, 0.15) is 5.41 Å². The molecule has 94 valence electrons. The Balaban J connectivity index is 2.06. The number of rotatable bonds is 3. The van der Waals surface area contributed by atoms with Crippen molar-refractivity contribution >= 4 is 17.5 Å². The van der Waals surface area contributed by atoms with Crippen molar-refractivity contribution in [1.29, 1.82) is 5.26 Å². The quantitative estimate of drug-likeness (QED) is 0.841. The van der Waals surface area contributed by atoms with Crippen LogP contribution in [0.25, 0.3) is 0 Å². The molecule has 18 heavy (non-hydrogen) atoms. The van der Waals surface area contributed by atoms with Crippen molar-refractivity contribution < 1.29 is 4.79 Å². The molecule has 0 aromatic heterocycles. The summed E-state index contributed by atoms with van der Waals surface area (Å²) in [6, 6.07) is 9.60. The predicted molar refractivity (Wildman–Crippen MR) is 69.8 cm³/mol. The molecule has 1 fully saturated rings. The average Bonchev–Trinajstić information content (AvgIpc) is 2.28. The number of amides is 1. The number of carbonyl (C=O) groups excluding carboxylic acids is 1. The molecular weight excluding hydrogens is 248 g/mol. The molecule has 1 amide bonds. The van der Waals surface area contributed by atoms with Gasteiger partial charge in [0.15, 0.2) is 0 Å². The van der Waals surface area contributed by atoms with E-state index in [1.807, 2.05) is 18.2 Å². The summed E-state index contributed by atoms with van der Waals surface area (Å²) in [4.78, 5) is 13.9. The van der Waals surface area contributed by atoms with Crippen molar-refractivity contribution in [3.05, 3.63) is 34.9 Å². The molecule has 0 atom stereocenters. The molecule has 1 aromatic carbocycles. The van der Waals surface area contributed by atoms with Crippen LogP contribution in [-0.2, 0) is 11.3 Å². The molecule has 2 rings (SSSR count). The van der Waals surface area contributed by atoms with Crippen LogP contribution < -0.4 is 0 Å². The zero-order valence-corrected chi connectivity index (χ0v) is 11.1. The van der Waals surface area contributed by atoms with E-state index in [1.165, 1.54) is 0 Å². The zero-order valence-electron chi connectivity index (χ0n) is 10.3. The third-order valence-electron chi connectivity index (χ3n) is 3.49. The van der Waals surface area contributed by atoms with Gasteiger partial charge in [0, 0.05) is 18.6 Å². The first-order valence-corrected chi connectivity index (χ1v) is 6.36. The second-order valence-electron chi connectivity index (χ2n) is 4.84. The van der Waals surface area contributed by atoms with Crippen LogP contribution in [0, 0.1) is 16.7 Å². The zero-order chi connectivity index (χ0) is 13.2. The Hall–Kier alpha value is -1.53. The van der Waals surface area contributed by atoms with E-state index in [1.54, 1.807) is 18.0 Å². The monoisotopic (exact) mass is 262 g/mol. The van der Waals surface area contributed by atoms with E-state index in [0.717, 1.165) is 12.0 Å². The Morgan fingerprint density at radius 3 is 2.78 bits per heavy atom. The van der Waals surface area contributed by atoms with Crippen LogP contribution in [0.1, 0.15) is 24.8 Å². The number of nitrogens with zero attached hydrogens (tertiary/aromatic N) is 2. The maximum atomic E-state index is 12.2. The number of hydrogen-bond donors (Lipinski definition) is 0. The lowest BCUT2D eigenvalue weighted by Gasteiger charge is -2.36. The van der Waals surface area contributed by atoms with Crippen LogP contribution >= 0.6 is 11.6 Å². The minimum absolute atomic E-state index is 0.0729. The minimum atomic E-state index is -0.771. The summed E-state index contributed by atoms with van der Waals surface area (Å²) in [6.45, 7) is 0.489. The highest BCUT2D eigenvalue weighted by Gasteiger charge is 2.46. The van der Waals surface area contributed by atoms with E-state index in [-0.39, 0.29) is 5.91 Å². The van der Waals surface area contributed by atoms with Crippen molar-refractivity contribution in [2.45, 2.75) is 25.8 Å². The van der Waals surface area contributed by atoms with Gasteiger partial charge in [-0.3, -0.25) is 4.79 Å². The van der Waals surface area contributed by atoms with E-state index in [9.17, 15) is 4.79 Å². The molecule has 1 saturated carbocycles.